The molecule has 22 heavy (non-hydrogen) atoms. The fraction of sp³-hybridized carbons (Fsp3) is 0.421. The van der Waals surface area contributed by atoms with Crippen LogP contribution in [-0.4, -0.2) is 5.91 Å². The van der Waals surface area contributed by atoms with Gasteiger partial charge in [0.05, 0.1) is 0 Å². The predicted octanol–water partition coefficient (Wildman–Crippen LogP) is 3.96. The summed E-state index contributed by atoms with van der Waals surface area (Å²) >= 11 is 0. The van der Waals surface area contributed by atoms with E-state index in [1.807, 2.05) is 18.2 Å². The second kappa shape index (κ2) is 6.39. The highest BCUT2D eigenvalue weighted by molar-refractivity contribution is 5.76. The third kappa shape index (κ3) is 3.79. The zero-order valence-electron chi connectivity index (χ0n) is 13.3. The minimum atomic E-state index is 0.0687. The summed E-state index contributed by atoms with van der Waals surface area (Å²) in [7, 11) is 0. The van der Waals surface area contributed by atoms with Crippen molar-refractivity contribution in [3.63, 3.8) is 0 Å². The number of carbonyl (C=O) groups excluding carboxylic acids is 1. The quantitative estimate of drug-likeness (QED) is 0.877. The first-order valence-corrected chi connectivity index (χ1v) is 8.02. The highest BCUT2D eigenvalue weighted by Crippen LogP contribution is 2.47. The molecule has 2 atom stereocenters. The summed E-state index contributed by atoms with van der Waals surface area (Å²) in [6.45, 7) is 4.88. The lowest BCUT2D eigenvalue weighted by atomic mass is 10.1. The number of hydrogen-bond donors (Lipinski definition) is 1. The Morgan fingerprint density at radius 3 is 2.86 bits per heavy atom. The van der Waals surface area contributed by atoms with Crippen molar-refractivity contribution in [1.82, 2.24) is 5.32 Å². The van der Waals surface area contributed by atoms with E-state index in [0.29, 0.717) is 25.3 Å². The van der Waals surface area contributed by atoms with Crippen LogP contribution in [0.5, 0.6) is 0 Å². The molecule has 0 saturated heterocycles. The molecule has 1 fully saturated rings. The highest BCUT2D eigenvalue weighted by atomic mass is 16.3. The maximum Gasteiger partial charge on any atom is 0.220 e. The number of furan rings is 1. The molecule has 0 unspecified atom stereocenters. The van der Waals surface area contributed by atoms with Gasteiger partial charge in [-0.05, 0) is 37.0 Å². The summed E-state index contributed by atoms with van der Waals surface area (Å²) in [4.78, 5) is 11.9. The molecule has 1 heterocycles. The zero-order valence-corrected chi connectivity index (χ0v) is 13.3. The van der Waals surface area contributed by atoms with E-state index in [1.165, 1.54) is 12.0 Å². The summed E-state index contributed by atoms with van der Waals surface area (Å²) in [5.74, 6) is 3.42. The lowest BCUT2D eigenvalue weighted by Crippen LogP contribution is -2.22. The third-order valence-electron chi connectivity index (χ3n) is 4.33. The molecule has 0 aliphatic heterocycles. The van der Waals surface area contributed by atoms with Crippen molar-refractivity contribution < 1.29 is 9.21 Å². The first-order valence-electron chi connectivity index (χ1n) is 8.02. The molecule has 1 aromatic heterocycles. The van der Waals surface area contributed by atoms with Gasteiger partial charge in [-0.2, -0.15) is 0 Å². The molecule has 2 aromatic rings. The van der Waals surface area contributed by atoms with Gasteiger partial charge in [-0.15, -0.1) is 0 Å². The molecule has 1 saturated carbocycles. The van der Waals surface area contributed by atoms with Crippen molar-refractivity contribution in [1.29, 1.82) is 0 Å². The van der Waals surface area contributed by atoms with Crippen molar-refractivity contribution in [2.75, 3.05) is 0 Å². The topological polar surface area (TPSA) is 42.2 Å². The van der Waals surface area contributed by atoms with E-state index < -0.39 is 0 Å². The fourth-order valence-electron chi connectivity index (χ4n) is 2.79. The van der Waals surface area contributed by atoms with Crippen molar-refractivity contribution >= 4 is 5.91 Å². The Morgan fingerprint density at radius 1 is 1.32 bits per heavy atom. The predicted molar refractivity (Wildman–Crippen MR) is 86.6 cm³/mol. The second-order valence-electron chi connectivity index (χ2n) is 6.39. The molecule has 1 N–H and O–H groups in total. The molecular weight excluding hydrogens is 274 g/mol. The molecule has 0 bridgehead atoms. The number of aryl methyl sites for hydroxylation is 2. The molecule has 3 rings (SSSR count). The SMILES string of the molecule is Cc1cccc(CNC(=O)CCc2ccc([C@@H]3C[C@H]3C)o2)c1. The van der Waals surface area contributed by atoms with E-state index in [2.05, 4.69) is 37.4 Å². The fourth-order valence-corrected chi connectivity index (χ4v) is 2.79. The summed E-state index contributed by atoms with van der Waals surface area (Å²) < 4.78 is 5.83. The maximum absolute atomic E-state index is 11.9. The van der Waals surface area contributed by atoms with Gasteiger partial charge in [0.25, 0.3) is 0 Å². The van der Waals surface area contributed by atoms with E-state index in [9.17, 15) is 4.79 Å². The Bertz CT molecular complexity index is 659. The summed E-state index contributed by atoms with van der Waals surface area (Å²) in [5, 5.41) is 2.96. The second-order valence-corrected chi connectivity index (χ2v) is 6.39. The van der Waals surface area contributed by atoms with E-state index in [0.717, 1.165) is 23.0 Å². The van der Waals surface area contributed by atoms with Gasteiger partial charge in [0.1, 0.15) is 11.5 Å². The molecule has 1 amide bonds. The van der Waals surface area contributed by atoms with Gasteiger partial charge in [-0.3, -0.25) is 4.79 Å². The van der Waals surface area contributed by atoms with Crippen molar-refractivity contribution in [3.05, 3.63) is 59.0 Å². The van der Waals surface area contributed by atoms with Gasteiger partial charge < -0.3 is 9.73 Å². The Balaban J connectivity index is 1.43. The summed E-state index contributed by atoms with van der Waals surface area (Å²) in [6, 6.07) is 12.3. The van der Waals surface area contributed by atoms with Gasteiger partial charge in [0.15, 0.2) is 0 Å². The maximum atomic E-state index is 11.9. The van der Waals surface area contributed by atoms with Crippen molar-refractivity contribution in [2.45, 2.75) is 45.6 Å². The van der Waals surface area contributed by atoms with Crippen LogP contribution in [0.25, 0.3) is 0 Å². The van der Waals surface area contributed by atoms with Crippen LogP contribution in [0, 0.1) is 12.8 Å². The first-order chi connectivity index (χ1) is 10.6. The van der Waals surface area contributed by atoms with Crippen molar-refractivity contribution in [3.8, 4) is 0 Å². The molecule has 0 spiro atoms. The molecule has 3 heteroatoms. The van der Waals surface area contributed by atoms with Crippen LogP contribution in [0.2, 0.25) is 0 Å². The van der Waals surface area contributed by atoms with Crippen LogP contribution < -0.4 is 5.32 Å². The number of nitrogens with one attached hydrogen (secondary N) is 1. The number of carbonyl (C=O) groups is 1. The Kier molecular flexibility index (Phi) is 4.32. The molecule has 1 aliphatic rings. The van der Waals surface area contributed by atoms with Crippen LogP contribution >= 0.6 is 0 Å². The van der Waals surface area contributed by atoms with Gasteiger partial charge in [0, 0.05) is 25.3 Å². The van der Waals surface area contributed by atoms with Crippen LogP contribution in [0.15, 0.2) is 40.8 Å². The summed E-state index contributed by atoms with van der Waals surface area (Å²) in [5.41, 5.74) is 2.35. The highest BCUT2D eigenvalue weighted by Gasteiger charge is 2.36. The van der Waals surface area contributed by atoms with E-state index in [4.69, 9.17) is 4.42 Å². The van der Waals surface area contributed by atoms with E-state index >= 15 is 0 Å². The largest absolute Gasteiger partial charge is 0.466 e. The minimum Gasteiger partial charge on any atom is -0.466 e. The molecule has 1 aliphatic carbocycles. The summed E-state index contributed by atoms with van der Waals surface area (Å²) in [6.07, 6.45) is 2.36. The molecule has 0 radical (unpaired) electrons. The van der Waals surface area contributed by atoms with Gasteiger partial charge in [0.2, 0.25) is 5.91 Å². The van der Waals surface area contributed by atoms with Crippen LogP contribution in [-0.2, 0) is 17.8 Å². The smallest absolute Gasteiger partial charge is 0.220 e. The van der Waals surface area contributed by atoms with Gasteiger partial charge >= 0.3 is 0 Å². The number of benzene rings is 1. The normalized spacial score (nSPS) is 19.9. The molecule has 116 valence electrons. The van der Waals surface area contributed by atoms with Crippen LogP contribution in [0.3, 0.4) is 0 Å². The number of rotatable bonds is 6. The molecule has 3 nitrogen and oxygen atoms in total. The average Bonchev–Trinajstić information content (AvgIpc) is 3.05. The monoisotopic (exact) mass is 297 g/mol. The van der Waals surface area contributed by atoms with Gasteiger partial charge in [-0.25, -0.2) is 0 Å². The zero-order chi connectivity index (χ0) is 15.5. The number of amides is 1. The van der Waals surface area contributed by atoms with Crippen LogP contribution in [0.1, 0.15) is 48.3 Å². The minimum absolute atomic E-state index is 0.0687. The Labute approximate surface area is 131 Å². The molecular formula is C19H23NO2. The lowest BCUT2D eigenvalue weighted by molar-refractivity contribution is -0.121. The first kappa shape index (κ1) is 14.9. The van der Waals surface area contributed by atoms with Crippen molar-refractivity contribution in [2.24, 2.45) is 5.92 Å². The lowest BCUT2D eigenvalue weighted by Gasteiger charge is -2.05. The molecule has 1 aromatic carbocycles. The number of hydrogen-bond acceptors (Lipinski definition) is 2. The standard InChI is InChI=1S/C19H23NO2/c1-13-4-3-5-15(10-13)12-20-19(21)9-7-16-6-8-18(22-16)17-11-14(17)2/h3-6,8,10,14,17H,7,9,11-12H2,1-2H3,(H,20,21)/t14-,17-/m1/s1. The third-order valence-corrected chi connectivity index (χ3v) is 4.33. The van der Waals surface area contributed by atoms with Crippen LogP contribution in [0.4, 0.5) is 0 Å². The Morgan fingerprint density at radius 2 is 2.14 bits per heavy atom. The van der Waals surface area contributed by atoms with E-state index in [1.54, 1.807) is 0 Å². The Hall–Kier alpha value is -2.03. The van der Waals surface area contributed by atoms with E-state index in [-0.39, 0.29) is 5.91 Å². The average molecular weight is 297 g/mol. The van der Waals surface area contributed by atoms with Gasteiger partial charge in [-0.1, -0.05) is 36.8 Å².